The highest BCUT2D eigenvalue weighted by molar-refractivity contribution is 7.87. The van der Waals surface area contributed by atoms with E-state index in [-0.39, 0.29) is 11.3 Å². The van der Waals surface area contributed by atoms with E-state index >= 15 is 0 Å². The largest absolute Gasteiger partial charge is 0.363 e. The van der Waals surface area contributed by atoms with Crippen molar-refractivity contribution >= 4 is 10.2 Å². The van der Waals surface area contributed by atoms with Gasteiger partial charge in [-0.15, -0.1) is 0 Å². The molecule has 4 N–H and O–H groups in total. The van der Waals surface area contributed by atoms with Crippen LogP contribution in [0, 0.1) is 5.82 Å². The summed E-state index contributed by atoms with van der Waals surface area (Å²) in [6, 6.07) is 6.61. The molecule has 0 saturated heterocycles. The lowest BCUT2D eigenvalue weighted by Crippen LogP contribution is -2.24. The van der Waals surface area contributed by atoms with Gasteiger partial charge in [-0.25, -0.2) is 13.5 Å². The molecule has 0 aliphatic carbocycles. The summed E-state index contributed by atoms with van der Waals surface area (Å²) in [6.07, 6.45) is -0.990. The number of rotatable bonds is 3. The molecule has 0 spiro atoms. The monoisotopic (exact) mass is 286 g/mol. The van der Waals surface area contributed by atoms with Gasteiger partial charge in [0, 0.05) is 11.8 Å². The van der Waals surface area contributed by atoms with Gasteiger partial charge in [-0.05, 0) is 23.8 Å². The van der Waals surface area contributed by atoms with Gasteiger partial charge in [0.05, 0.1) is 5.69 Å². The average molecular weight is 286 g/mol. The Bertz CT molecular complexity index is 709. The fourth-order valence-corrected chi connectivity index (χ4v) is 2.50. The molecule has 8 heteroatoms. The van der Waals surface area contributed by atoms with Gasteiger partial charge >= 0.3 is 10.2 Å². The molecule has 1 aromatic carbocycles. The molecule has 0 aliphatic heterocycles. The van der Waals surface area contributed by atoms with E-state index in [0.29, 0.717) is 9.54 Å². The summed E-state index contributed by atoms with van der Waals surface area (Å²) in [5.74, 6) is -0.528. The van der Waals surface area contributed by atoms with Crippen molar-refractivity contribution in [1.29, 1.82) is 0 Å². The maximum absolute atomic E-state index is 13.2. The Morgan fingerprint density at radius 1 is 1.26 bits per heavy atom. The zero-order valence-electron chi connectivity index (χ0n) is 9.56. The molecule has 102 valence electrons. The van der Waals surface area contributed by atoms with Crippen LogP contribution in [-0.4, -0.2) is 22.6 Å². The first-order valence-corrected chi connectivity index (χ1v) is 6.67. The first kappa shape index (κ1) is 13.7. The number of benzene rings is 1. The number of aromatic nitrogens is 1. The molecule has 2 aromatic rings. The topological polar surface area (TPSA) is 106 Å². The van der Waals surface area contributed by atoms with Crippen LogP contribution < -0.4 is 5.14 Å². The van der Waals surface area contributed by atoms with Crippen LogP contribution in [0.15, 0.2) is 36.5 Å². The van der Waals surface area contributed by atoms with E-state index in [1.54, 1.807) is 0 Å². The van der Waals surface area contributed by atoms with Crippen LogP contribution in [0.25, 0.3) is 11.1 Å². The van der Waals surface area contributed by atoms with Crippen LogP contribution in [0.5, 0.6) is 0 Å². The number of nitrogens with zero attached hydrogens (tertiary/aromatic N) is 1. The molecule has 0 unspecified atom stereocenters. The number of hydrogen-bond donors (Lipinski definition) is 3. The van der Waals surface area contributed by atoms with Crippen LogP contribution >= 0.6 is 0 Å². The zero-order chi connectivity index (χ0) is 14.2. The quantitative estimate of drug-likeness (QED) is 0.707. The Kier molecular flexibility index (Phi) is 3.42. The third kappa shape index (κ3) is 2.66. The van der Waals surface area contributed by atoms with E-state index in [4.69, 9.17) is 5.14 Å². The second-order valence-corrected chi connectivity index (χ2v) is 5.26. The van der Waals surface area contributed by atoms with E-state index in [1.165, 1.54) is 24.3 Å². The molecule has 1 heterocycles. The van der Waals surface area contributed by atoms with E-state index in [9.17, 15) is 23.0 Å². The number of aliphatic hydroxyl groups excluding tert-OH is 1. The molecule has 2 rings (SSSR count). The van der Waals surface area contributed by atoms with Gasteiger partial charge in [0.15, 0.2) is 6.29 Å². The van der Waals surface area contributed by atoms with Gasteiger partial charge in [-0.3, -0.25) is 0 Å². The van der Waals surface area contributed by atoms with Crippen molar-refractivity contribution in [3.05, 3.63) is 48.0 Å². The summed E-state index contributed by atoms with van der Waals surface area (Å²) in [4.78, 5) is 0. The van der Waals surface area contributed by atoms with Crippen molar-refractivity contribution in [2.24, 2.45) is 5.14 Å². The molecule has 19 heavy (non-hydrogen) atoms. The SMILES string of the molecule is NS(=O)(=O)n1ccc(-c2cccc(F)c2)c1C(O)O. The number of hydrogen-bond acceptors (Lipinski definition) is 4. The van der Waals surface area contributed by atoms with Gasteiger partial charge < -0.3 is 10.2 Å². The van der Waals surface area contributed by atoms with Crippen molar-refractivity contribution in [3.8, 4) is 11.1 Å². The maximum atomic E-state index is 13.2. The minimum atomic E-state index is -4.17. The van der Waals surface area contributed by atoms with Gasteiger partial charge in [-0.2, -0.15) is 8.42 Å². The van der Waals surface area contributed by atoms with E-state index in [2.05, 4.69) is 0 Å². The van der Waals surface area contributed by atoms with Crippen molar-refractivity contribution in [3.63, 3.8) is 0 Å². The van der Waals surface area contributed by atoms with Crippen LogP contribution in [0.4, 0.5) is 4.39 Å². The van der Waals surface area contributed by atoms with E-state index < -0.39 is 22.3 Å². The molecule has 0 bridgehead atoms. The highest BCUT2D eigenvalue weighted by Crippen LogP contribution is 2.29. The molecule has 0 atom stereocenters. The fourth-order valence-electron chi connectivity index (χ4n) is 1.80. The van der Waals surface area contributed by atoms with Crippen LogP contribution in [-0.2, 0) is 10.2 Å². The van der Waals surface area contributed by atoms with E-state index in [1.807, 2.05) is 0 Å². The third-order valence-electron chi connectivity index (χ3n) is 2.54. The Hall–Kier alpha value is -1.74. The Balaban J connectivity index is 2.69. The lowest BCUT2D eigenvalue weighted by atomic mass is 10.1. The van der Waals surface area contributed by atoms with Crippen molar-refractivity contribution < 1.29 is 23.0 Å². The summed E-state index contributed by atoms with van der Waals surface area (Å²) in [5, 5.41) is 23.5. The molecule has 0 fully saturated rings. The predicted octanol–water partition coefficient (Wildman–Crippen LogP) is 0.329. The van der Waals surface area contributed by atoms with Crippen molar-refractivity contribution in [2.75, 3.05) is 0 Å². The summed E-state index contributed by atoms with van der Waals surface area (Å²) in [5.41, 5.74) is 0.141. The Morgan fingerprint density at radius 3 is 2.47 bits per heavy atom. The predicted molar refractivity (Wildman–Crippen MR) is 65.5 cm³/mol. The number of aliphatic hydroxyl groups is 2. The zero-order valence-corrected chi connectivity index (χ0v) is 10.4. The summed E-state index contributed by atoms with van der Waals surface area (Å²) >= 11 is 0. The van der Waals surface area contributed by atoms with Gasteiger partial charge in [0.2, 0.25) is 0 Å². The highest BCUT2D eigenvalue weighted by atomic mass is 32.2. The molecule has 6 nitrogen and oxygen atoms in total. The minimum absolute atomic E-state index is 0.170. The second-order valence-electron chi connectivity index (χ2n) is 3.84. The molecule has 0 aliphatic rings. The third-order valence-corrected chi connectivity index (χ3v) is 3.41. The van der Waals surface area contributed by atoms with Crippen LogP contribution in [0.2, 0.25) is 0 Å². The normalized spacial score (nSPS) is 12.1. The second kappa shape index (κ2) is 4.74. The number of halogens is 1. The lowest BCUT2D eigenvalue weighted by molar-refractivity contribution is -0.0458. The summed E-state index contributed by atoms with van der Waals surface area (Å²) < 4.78 is 36.3. The first-order valence-electron chi connectivity index (χ1n) is 5.17. The fraction of sp³-hybridized carbons (Fsp3) is 0.0909. The van der Waals surface area contributed by atoms with Crippen molar-refractivity contribution in [2.45, 2.75) is 6.29 Å². The molecule has 0 amide bonds. The summed E-state index contributed by atoms with van der Waals surface area (Å²) in [7, 11) is -4.17. The number of nitrogens with two attached hydrogens (primary N) is 1. The van der Waals surface area contributed by atoms with Crippen molar-refractivity contribution in [1.82, 2.24) is 3.97 Å². The summed E-state index contributed by atoms with van der Waals surface area (Å²) in [6.45, 7) is 0. The molecule has 0 radical (unpaired) electrons. The first-order chi connectivity index (χ1) is 8.80. The van der Waals surface area contributed by atoms with E-state index in [0.717, 1.165) is 12.3 Å². The van der Waals surface area contributed by atoms with Crippen LogP contribution in [0.3, 0.4) is 0 Å². The lowest BCUT2D eigenvalue weighted by Gasteiger charge is -2.11. The standard InChI is InChI=1S/C11H11FN2O4S/c12-8-3-1-2-7(6-8)9-4-5-14(19(13,17)18)10(9)11(15)16/h1-6,11,15-16H,(H2,13,17,18). The molecule has 1 aromatic heterocycles. The van der Waals surface area contributed by atoms with Gasteiger partial charge in [0.1, 0.15) is 5.82 Å². The van der Waals surface area contributed by atoms with Gasteiger partial charge in [-0.1, -0.05) is 12.1 Å². The maximum Gasteiger partial charge on any atom is 0.302 e. The Labute approximate surface area is 108 Å². The smallest absolute Gasteiger partial charge is 0.302 e. The van der Waals surface area contributed by atoms with Gasteiger partial charge in [0.25, 0.3) is 0 Å². The Morgan fingerprint density at radius 2 is 1.95 bits per heavy atom. The minimum Gasteiger partial charge on any atom is -0.363 e. The molecular weight excluding hydrogens is 275 g/mol. The molecular formula is C11H11FN2O4S. The van der Waals surface area contributed by atoms with Crippen LogP contribution in [0.1, 0.15) is 12.0 Å². The highest BCUT2D eigenvalue weighted by Gasteiger charge is 2.22. The molecule has 0 saturated carbocycles. The average Bonchev–Trinajstić information content (AvgIpc) is 2.72.